The molecule has 0 bridgehead atoms. The number of benzene rings is 1. The van der Waals surface area contributed by atoms with Crippen LogP contribution in [0.5, 0.6) is 0 Å². The Morgan fingerprint density at radius 1 is 1.14 bits per heavy atom. The molecule has 3 aromatic rings. The number of hydrogen-bond donors (Lipinski definition) is 2. The van der Waals surface area contributed by atoms with Gasteiger partial charge in [-0.25, -0.2) is 18.4 Å². The van der Waals surface area contributed by atoms with Gasteiger partial charge in [0.25, 0.3) is 5.56 Å². The molecule has 0 atom stereocenters. The highest BCUT2D eigenvalue weighted by molar-refractivity contribution is 7.91. The average Bonchev–Trinajstić information content (AvgIpc) is 2.47. The van der Waals surface area contributed by atoms with Crippen LogP contribution >= 0.6 is 11.6 Å². The molecule has 0 aliphatic heterocycles. The maximum Gasteiger partial charge on any atom is 0.280 e. The van der Waals surface area contributed by atoms with Crippen LogP contribution in [0.2, 0.25) is 5.02 Å². The Kier molecular flexibility index (Phi) is 3.30. The summed E-state index contributed by atoms with van der Waals surface area (Å²) in [5.74, 6) is -0.125. The molecule has 2 aromatic heterocycles. The maximum atomic E-state index is 12.5. The Labute approximate surface area is 128 Å². The van der Waals surface area contributed by atoms with Crippen LogP contribution in [0.25, 0.3) is 11.2 Å². The van der Waals surface area contributed by atoms with Crippen molar-refractivity contribution >= 4 is 38.6 Å². The van der Waals surface area contributed by atoms with Crippen molar-refractivity contribution in [3.05, 3.63) is 45.8 Å². The zero-order valence-electron chi connectivity index (χ0n) is 10.8. The van der Waals surface area contributed by atoms with Crippen LogP contribution in [-0.2, 0) is 9.84 Å². The second-order valence-electron chi connectivity index (χ2n) is 4.29. The van der Waals surface area contributed by atoms with Crippen molar-refractivity contribution in [1.82, 2.24) is 19.9 Å². The minimum atomic E-state index is -3.92. The number of nitrogens with two attached hydrogens (primary N) is 1. The summed E-state index contributed by atoms with van der Waals surface area (Å²) in [6.07, 6.45) is 1.03. The molecule has 10 heteroatoms. The zero-order valence-corrected chi connectivity index (χ0v) is 12.4. The summed E-state index contributed by atoms with van der Waals surface area (Å²) >= 11 is 5.73. The topological polar surface area (TPSA) is 132 Å². The number of nitrogens with zero attached hydrogens (tertiary/aromatic N) is 3. The zero-order chi connectivity index (χ0) is 15.9. The fourth-order valence-corrected chi connectivity index (χ4v) is 3.05. The summed E-state index contributed by atoms with van der Waals surface area (Å²) in [5.41, 5.74) is 4.49. The van der Waals surface area contributed by atoms with Crippen LogP contribution in [0.1, 0.15) is 0 Å². The Morgan fingerprint density at radius 3 is 2.50 bits per heavy atom. The highest BCUT2D eigenvalue weighted by Crippen LogP contribution is 2.21. The van der Waals surface area contributed by atoms with Crippen molar-refractivity contribution in [1.29, 1.82) is 0 Å². The Hall–Kier alpha value is -2.52. The van der Waals surface area contributed by atoms with E-state index in [0.717, 1.165) is 6.20 Å². The molecule has 0 aliphatic rings. The second kappa shape index (κ2) is 5.04. The SMILES string of the molecule is Nc1nc2ncc(S(=O)(=O)c3ccc(Cl)cc3)nc2c(=O)[nH]1. The predicted octanol–water partition coefficient (Wildman–Crippen LogP) is 0.782. The molecule has 0 radical (unpaired) electrons. The van der Waals surface area contributed by atoms with Crippen molar-refractivity contribution in [2.24, 2.45) is 0 Å². The molecule has 2 heterocycles. The van der Waals surface area contributed by atoms with E-state index in [-0.39, 0.29) is 27.0 Å². The predicted molar refractivity (Wildman–Crippen MR) is 79.3 cm³/mol. The molecule has 1 aromatic carbocycles. The molecule has 0 saturated carbocycles. The van der Waals surface area contributed by atoms with Gasteiger partial charge in [-0.1, -0.05) is 11.6 Å². The minimum absolute atomic E-state index is 0.00890. The van der Waals surface area contributed by atoms with Crippen molar-refractivity contribution in [3.8, 4) is 0 Å². The number of aromatic amines is 1. The smallest absolute Gasteiger partial charge is 0.280 e. The van der Waals surface area contributed by atoms with E-state index in [1.54, 1.807) is 0 Å². The molecule has 0 unspecified atom stereocenters. The number of anilines is 1. The first kappa shape index (κ1) is 14.4. The van der Waals surface area contributed by atoms with Crippen molar-refractivity contribution < 1.29 is 8.42 Å². The van der Waals surface area contributed by atoms with Crippen LogP contribution in [0.15, 0.2) is 45.2 Å². The number of fused-ring (bicyclic) bond motifs is 1. The maximum absolute atomic E-state index is 12.5. The third-order valence-corrected chi connectivity index (χ3v) is 4.71. The minimum Gasteiger partial charge on any atom is -0.369 e. The molecule has 0 spiro atoms. The largest absolute Gasteiger partial charge is 0.369 e. The first-order valence-corrected chi connectivity index (χ1v) is 7.77. The van der Waals surface area contributed by atoms with Crippen LogP contribution in [-0.4, -0.2) is 28.4 Å². The van der Waals surface area contributed by atoms with Gasteiger partial charge in [-0.3, -0.25) is 9.78 Å². The van der Waals surface area contributed by atoms with Gasteiger partial charge in [0, 0.05) is 5.02 Å². The quantitative estimate of drug-likeness (QED) is 0.706. The van der Waals surface area contributed by atoms with Crippen molar-refractivity contribution in [2.75, 3.05) is 5.73 Å². The number of halogens is 1. The normalized spacial score (nSPS) is 11.7. The lowest BCUT2D eigenvalue weighted by Crippen LogP contribution is -2.15. The molecule has 112 valence electrons. The summed E-state index contributed by atoms with van der Waals surface area (Å²) in [6, 6.07) is 5.57. The van der Waals surface area contributed by atoms with Crippen LogP contribution < -0.4 is 11.3 Å². The fraction of sp³-hybridized carbons (Fsp3) is 0. The van der Waals surface area contributed by atoms with E-state index in [2.05, 4.69) is 19.9 Å². The Balaban J connectivity index is 2.21. The van der Waals surface area contributed by atoms with E-state index in [9.17, 15) is 13.2 Å². The third-order valence-electron chi connectivity index (χ3n) is 2.81. The molecule has 0 aliphatic carbocycles. The van der Waals surface area contributed by atoms with Crippen molar-refractivity contribution in [2.45, 2.75) is 9.92 Å². The third kappa shape index (κ3) is 2.40. The van der Waals surface area contributed by atoms with Gasteiger partial charge in [0.2, 0.25) is 15.8 Å². The van der Waals surface area contributed by atoms with E-state index in [1.807, 2.05) is 0 Å². The van der Waals surface area contributed by atoms with Crippen LogP contribution in [0.3, 0.4) is 0 Å². The van der Waals surface area contributed by atoms with Crippen LogP contribution in [0, 0.1) is 0 Å². The van der Waals surface area contributed by atoms with E-state index in [1.165, 1.54) is 24.3 Å². The summed E-state index contributed by atoms with van der Waals surface area (Å²) in [5, 5.41) is 0.0408. The summed E-state index contributed by atoms with van der Waals surface area (Å²) < 4.78 is 24.9. The molecule has 8 nitrogen and oxygen atoms in total. The second-order valence-corrected chi connectivity index (χ2v) is 6.62. The number of sulfone groups is 1. The number of hydrogen-bond acceptors (Lipinski definition) is 7. The van der Waals surface area contributed by atoms with Gasteiger partial charge in [-0.15, -0.1) is 0 Å². The molecule has 22 heavy (non-hydrogen) atoms. The van der Waals surface area contributed by atoms with Gasteiger partial charge >= 0.3 is 0 Å². The van der Waals surface area contributed by atoms with E-state index < -0.39 is 15.4 Å². The standard InChI is InChI=1S/C12H8ClN5O3S/c13-6-1-3-7(4-2-6)22(20,21)8-5-15-10-9(16-8)11(19)18-12(14)17-10/h1-5H,(H3,14,15,17,18,19). The van der Waals surface area contributed by atoms with Gasteiger partial charge in [0.1, 0.15) is 0 Å². The molecule has 0 fully saturated rings. The molecule has 3 rings (SSSR count). The van der Waals surface area contributed by atoms with Gasteiger partial charge < -0.3 is 5.73 Å². The molecular weight excluding hydrogens is 330 g/mol. The Morgan fingerprint density at radius 2 is 1.82 bits per heavy atom. The number of nitrogen functional groups attached to an aromatic ring is 1. The van der Waals surface area contributed by atoms with E-state index in [4.69, 9.17) is 17.3 Å². The van der Waals surface area contributed by atoms with Gasteiger partial charge in [-0.05, 0) is 24.3 Å². The monoisotopic (exact) mass is 337 g/mol. The number of aromatic nitrogens is 4. The first-order valence-electron chi connectivity index (χ1n) is 5.91. The van der Waals surface area contributed by atoms with Gasteiger partial charge in [0.05, 0.1) is 11.1 Å². The lowest BCUT2D eigenvalue weighted by Gasteiger charge is -2.04. The number of rotatable bonds is 2. The molecule has 0 saturated heterocycles. The van der Waals surface area contributed by atoms with Gasteiger partial charge in [0.15, 0.2) is 16.2 Å². The van der Waals surface area contributed by atoms with Gasteiger partial charge in [-0.2, -0.15) is 4.98 Å². The lowest BCUT2D eigenvalue weighted by molar-refractivity contribution is 0.592. The molecule has 0 amide bonds. The van der Waals surface area contributed by atoms with E-state index in [0.29, 0.717) is 5.02 Å². The van der Waals surface area contributed by atoms with Crippen molar-refractivity contribution in [3.63, 3.8) is 0 Å². The fourth-order valence-electron chi connectivity index (χ4n) is 1.78. The molecule has 3 N–H and O–H groups in total. The highest BCUT2D eigenvalue weighted by atomic mass is 35.5. The highest BCUT2D eigenvalue weighted by Gasteiger charge is 2.21. The number of nitrogens with one attached hydrogen (secondary N) is 1. The lowest BCUT2D eigenvalue weighted by atomic mass is 10.4. The summed E-state index contributed by atoms with van der Waals surface area (Å²) in [4.78, 5) is 25.5. The number of H-pyrrole nitrogens is 1. The Bertz CT molecular complexity index is 1030. The average molecular weight is 338 g/mol. The first-order chi connectivity index (χ1) is 10.4. The summed E-state index contributed by atoms with van der Waals surface area (Å²) in [6.45, 7) is 0. The van der Waals surface area contributed by atoms with Crippen LogP contribution in [0.4, 0.5) is 5.95 Å². The summed E-state index contributed by atoms with van der Waals surface area (Å²) in [7, 11) is -3.92. The van der Waals surface area contributed by atoms with E-state index >= 15 is 0 Å². The molecular formula is C12H8ClN5O3S.